The minimum Gasteiger partial charge on any atom is -0.462 e. The molecule has 0 amide bonds. The fourth-order valence-electron chi connectivity index (χ4n) is 2.00. The van der Waals surface area contributed by atoms with Crippen molar-refractivity contribution in [1.29, 1.82) is 0 Å². The molecule has 2 nitrogen and oxygen atoms in total. The lowest BCUT2D eigenvalue weighted by Crippen LogP contribution is -2.40. The highest BCUT2D eigenvalue weighted by Crippen LogP contribution is 2.44. The van der Waals surface area contributed by atoms with E-state index in [2.05, 4.69) is 12.2 Å². The van der Waals surface area contributed by atoms with Gasteiger partial charge in [0, 0.05) is 12.8 Å². The zero-order valence-corrected chi connectivity index (χ0v) is 6.62. The zero-order chi connectivity index (χ0) is 7.84. The van der Waals surface area contributed by atoms with E-state index in [4.69, 9.17) is 4.74 Å². The fraction of sp³-hybridized carbons (Fsp3) is 0.667. The molecule has 1 fully saturated rings. The van der Waals surface area contributed by atoms with Crippen molar-refractivity contribution in [1.82, 2.24) is 0 Å². The van der Waals surface area contributed by atoms with E-state index in [1.54, 1.807) is 0 Å². The number of hydrogen-bond donors (Lipinski definition) is 0. The minimum atomic E-state index is -0.139. The molecule has 0 aromatic rings. The maximum absolute atomic E-state index is 10.6. The van der Waals surface area contributed by atoms with E-state index in [1.165, 1.54) is 6.92 Å². The largest absolute Gasteiger partial charge is 0.462 e. The van der Waals surface area contributed by atoms with Gasteiger partial charge in [-0.3, -0.25) is 4.79 Å². The summed E-state index contributed by atoms with van der Waals surface area (Å²) in [6.07, 6.45) is 6.79. The number of hydrogen-bond acceptors (Lipinski definition) is 2. The lowest BCUT2D eigenvalue weighted by molar-refractivity contribution is -0.157. The SMILES string of the molecule is CC(=O)OC1CC2C=CCC21. The van der Waals surface area contributed by atoms with Gasteiger partial charge in [0.05, 0.1) is 0 Å². The normalized spacial score (nSPS) is 39.5. The van der Waals surface area contributed by atoms with E-state index in [1.807, 2.05) is 0 Å². The predicted octanol–water partition coefficient (Wildman–Crippen LogP) is 1.51. The summed E-state index contributed by atoms with van der Waals surface area (Å²) in [6, 6.07) is 0. The Balaban J connectivity index is 1.88. The number of allylic oxidation sites excluding steroid dienone is 2. The molecule has 1 saturated carbocycles. The molecule has 0 bridgehead atoms. The van der Waals surface area contributed by atoms with E-state index in [0.717, 1.165) is 12.8 Å². The molecular weight excluding hydrogens is 140 g/mol. The second kappa shape index (κ2) is 2.36. The number of esters is 1. The first-order chi connectivity index (χ1) is 5.27. The fourth-order valence-corrected chi connectivity index (χ4v) is 2.00. The Morgan fingerprint density at radius 3 is 3.09 bits per heavy atom. The van der Waals surface area contributed by atoms with Crippen molar-refractivity contribution in [2.75, 3.05) is 0 Å². The van der Waals surface area contributed by atoms with E-state index < -0.39 is 0 Å². The summed E-state index contributed by atoms with van der Waals surface area (Å²) in [5, 5.41) is 0. The molecule has 0 aromatic heterocycles. The van der Waals surface area contributed by atoms with Gasteiger partial charge in [0.15, 0.2) is 0 Å². The van der Waals surface area contributed by atoms with Gasteiger partial charge >= 0.3 is 5.97 Å². The molecule has 0 spiro atoms. The van der Waals surface area contributed by atoms with Crippen LogP contribution in [0.1, 0.15) is 19.8 Å². The topological polar surface area (TPSA) is 26.3 Å². The lowest BCUT2D eigenvalue weighted by Gasteiger charge is -2.38. The Hall–Kier alpha value is -0.790. The van der Waals surface area contributed by atoms with Gasteiger partial charge < -0.3 is 4.74 Å². The van der Waals surface area contributed by atoms with Crippen LogP contribution in [0.25, 0.3) is 0 Å². The van der Waals surface area contributed by atoms with Crippen LogP contribution in [0.15, 0.2) is 12.2 Å². The van der Waals surface area contributed by atoms with Crippen LogP contribution in [0.5, 0.6) is 0 Å². The Morgan fingerprint density at radius 1 is 1.64 bits per heavy atom. The minimum absolute atomic E-state index is 0.139. The van der Waals surface area contributed by atoms with Crippen molar-refractivity contribution < 1.29 is 9.53 Å². The first kappa shape index (κ1) is 6.89. The number of carbonyl (C=O) groups excluding carboxylic acids is 1. The van der Waals surface area contributed by atoms with Crippen molar-refractivity contribution in [2.45, 2.75) is 25.9 Å². The molecule has 2 heteroatoms. The molecule has 0 radical (unpaired) electrons. The van der Waals surface area contributed by atoms with Gasteiger partial charge in [0.25, 0.3) is 0 Å². The van der Waals surface area contributed by atoms with Crippen LogP contribution in [0.3, 0.4) is 0 Å². The standard InChI is InChI=1S/C9H12O2/c1-6(10)11-9-5-7-3-2-4-8(7)9/h2-3,7-9H,4-5H2,1H3. The maximum Gasteiger partial charge on any atom is 0.302 e. The molecule has 0 N–H and O–H groups in total. The van der Waals surface area contributed by atoms with Crippen LogP contribution in [-0.4, -0.2) is 12.1 Å². The third-order valence-corrected chi connectivity index (χ3v) is 2.64. The van der Waals surface area contributed by atoms with Crippen LogP contribution >= 0.6 is 0 Å². The summed E-state index contributed by atoms with van der Waals surface area (Å²) >= 11 is 0. The predicted molar refractivity (Wildman–Crippen MR) is 40.9 cm³/mol. The average molecular weight is 152 g/mol. The number of carbonyl (C=O) groups is 1. The third-order valence-electron chi connectivity index (χ3n) is 2.64. The van der Waals surface area contributed by atoms with E-state index in [9.17, 15) is 4.79 Å². The maximum atomic E-state index is 10.6. The van der Waals surface area contributed by atoms with Gasteiger partial charge in [-0.1, -0.05) is 12.2 Å². The van der Waals surface area contributed by atoms with Crippen molar-refractivity contribution in [2.24, 2.45) is 11.8 Å². The molecule has 0 heterocycles. The number of ether oxygens (including phenoxy) is 1. The van der Waals surface area contributed by atoms with Gasteiger partial charge in [-0.25, -0.2) is 0 Å². The van der Waals surface area contributed by atoms with E-state index >= 15 is 0 Å². The quantitative estimate of drug-likeness (QED) is 0.420. The molecule has 0 aliphatic heterocycles. The summed E-state index contributed by atoms with van der Waals surface area (Å²) < 4.78 is 5.12. The van der Waals surface area contributed by atoms with Crippen LogP contribution in [0, 0.1) is 11.8 Å². The Bertz CT molecular complexity index is 208. The van der Waals surface area contributed by atoms with Gasteiger partial charge in [-0.05, 0) is 18.8 Å². The molecule has 0 saturated heterocycles. The monoisotopic (exact) mass is 152 g/mol. The second-order valence-electron chi connectivity index (χ2n) is 3.38. The van der Waals surface area contributed by atoms with Crippen LogP contribution in [0.2, 0.25) is 0 Å². The third kappa shape index (κ3) is 1.06. The molecule has 3 atom stereocenters. The summed E-state index contributed by atoms with van der Waals surface area (Å²) in [6.45, 7) is 1.48. The number of rotatable bonds is 1. The highest BCUT2D eigenvalue weighted by molar-refractivity contribution is 5.66. The van der Waals surface area contributed by atoms with Gasteiger partial charge in [-0.15, -0.1) is 0 Å². The van der Waals surface area contributed by atoms with Crippen molar-refractivity contribution >= 4 is 5.97 Å². The molecule has 2 rings (SSSR count). The smallest absolute Gasteiger partial charge is 0.302 e. The first-order valence-electron chi connectivity index (χ1n) is 4.11. The summed E-state index contributed by atoms with van der Waals surface area (Å²) in [5.74, 6) is 1.18. The Morgan fingerprint density at radius 2 is 2.45 bits per heavy atom. The van der Waals surface area contributed by atoms with Gasteiger partial charge in [-0.2, -0.15) is 0 Å². The number of fused-ring (bicyclic) bond motifs is 1. The molecule has 0 aromatic carbocycles. The Kier molecular flexibility index (Phi) is 1.48. The van der Waals surface area contributed by atoms with E-state index in [0.29, 0.717) is 11.8 Å². The van der Waals surface area contributed by atoms with E-state index in [-0.39, 0.29) is 12.1 Å². The van der Waals surface area contributed by atoms with Crippen molar-refractivity contribution in [3.05, 3.63) is 12.2 Å². The van der Waals surface area contributed by atoms with Gasteiger partial charge in [0.2, 0.25) is 0 Å². The van der Waals surface area contributed by atoms with Crippen LogP contribution < -0.4 is 0 Å². The molecule has 3 unspecified atom stereocenters. The van der Waals surface area contributed by atoms with Crippen LogP contribution in [0.4, 0.5) is 0 Å². The summed E-state index contributed by atoms with van der Waals surface area (Å²) in [7, 11) is 0. The van der Waals surface area contributed by atoms with Crippen LogP contribution in [-0.2, 0) is 9.53 Å². The van der Waals surface area contributed by atoms with Gasteiger partial charge in [0.1, 0.15) is 6.10 Å². The zero-order valence-electron chi connectivity index (χ0n) is 6.62. The molecule has 2 aliphatic rings. The molecule has 11 heavy (non-hydrogen) atoms. The molecule has 2 aliphatic carbocycles. The first-order valence-corrected chi connectivity index (χ1v) is 4.11. The average Bonchev–Trinajstić information content (AvgIpc) is 2.26. The lowest BCUT2D eigenvalue weighted by atomic mass is 9.73. The summed E-state index contributed by atoms with van der Waals surface area (Å²) in [4.78, 5) is 10.6. The molecule has 60 valence electrons. The Labute approximate surface area is 66.2 Å². The highest BCUT2D eigenvalue weighted by Gasteiger charge is 2.43. The second-order valence-corrected chi connectivity index (χ2v) is 3.38. The highest BCUT2D eigenvalue weighted by atomic mass is 16.5. The summed E-state index contributed by atoms with van der Waals surface area (Å²) in [5.41, 5.74) is 0. The van der Waals surface area contributed by atoms with Crippen molar-refractivity contribution in [3.63, 3.8) is 0 Å². The molecular formula is C9H12O2. The van der Waals surface area contributed by atoms with Crippen molar-refractivity contribution in [3.8, 4) is 0 Å².